The third-order valence-electron chi connectivity index (χ3n) is 6.01. The van der Waals surface area contributed by atoms with Crippen LogP contribution in [-0.2, 0) is 44.9 Å². The van der Waals surface area contributed by atoms with Crippen molar-refractivity contribution in [1.29, 1.82) is 0 Å². The first-order valence-corrected chi connectivity index (χ1v) is 35.5. The van der Waals surface area contributed by atoms with E-state index >= 15 is 0 Å². The Bertz CT molecular complexity index is 454. The summed E-state index contributed by atoms with van der Waals surface area (Å²) in [6.45, 7) is 11.6. The molecule has 0 saturated heterocycles. The molecule has 14 heteroatoms. The van der Waals surface area contributed by atoms with Crippen LogP contribution in [0.4, 0.5) is 0 Å². The second kappa shape index (κ2) is 33.6. The third kappa shape index (κ3) is 55.1. The molecular formula is C25H53Cl8N3Pt3. The molecule has 0 aromatic carbocycles. The van der Waals surface area contributed by atoms with Gasteiger partial charge in [0.25, 0.3) is 0 Å². The van der Waals surface area contributed by atoms with Gasteiger partial charge in [0.05, 0.1) is 0 Å². The van der Waals surface area contributed by atoms with Crippen LogP contribution >= 0.6 is 75.3 Å². The van der Waals surface area contributed by atoms with E-state index in [1.807, 2.05) is 0 Å². The van der Waals surface area contributed by atoms with Crippen molar-refractivity contribution in [2.24, 2.45) is 17.8 Å². The SMILES string of the molecule is [CH2-]C1CC1.[CH2-]C1CCCC1.[CH2-][C@@H]1CCCC[C@H]1[NH-].[Cl][Pt+2]([Cl])([Cl])[Cl].[Cl][Pt+2][Cl].[Cl][Pt+2][Cl].[HH].[HH].[HH].[NH-]C1CC1.[NH-]C1CCCC1. The summed E-state index contributed by atoms with van der Waals surface area (Å²) in [7, 11) is 39.5. The zero-order chi connectivity index (χ0) is 30.7. The Hall–Kier alpha value is 4.26. The first-order chi connectivity index (χ1) is 18.2. The molecule has 0 aromatic rings. The molecule has 0 unspecified atom stereocenters. The van der Waals surface area contributed by atoms with Gasteiger partial charge in [-0.05, 0) is 0 Å². The third-order valence-corrected chi connectivity index (χ3v) is 6.01. The number of hydrogen-bond acceptors (Lipinski definition) is 0. The van der Waals surface area contributed by atoms with Crippen molar-refractivity contribution in [3.05, 3.63) is 38.0 Å². The fourth-order valence-electron chi connectivity index (χ4n) is 3.35. The molecule has 5 rings (SSSR count). The van der Waals surface area contributed by atoms with Crippen molar-refractivity contribution in [3.8, 4) is 0 Å². The molecule has 0 spiro atoms. The molecule has 0 heterocycles. The van der Waals surface area contributed by atoms with Gasteiger partial charge in [0, 0.05) is 4.28 Å². The van der Waals surface area contributed by atoms with Crippen LogP contribution in [-0.4, -0.2) is 18.1 Å². The Labute approximate surface area is 297 Å². The Morgan fingerprint density at radius 2 is 0.795 bits per heavy atom. The van der Waals surface area contributed by atoms with Gasteiger partial charge in [-0.1, -0.05) is 103 Å². The zero-order valence-corrected chi connectivity index (χ0v) is 35.2. The topological polar surface area (TPSA) is 71.4 Å². The van der Waals surface area contributed by atoms with E-state index < -0.39 is 44.9 Å². The second-order valence-electron chi connectivity index (χ2n) is 9.86. The van der Waals surface area contributed by atoms with E-state index in [0.29, 0.717) is 18.0 Å². The minimum atomic E-state index is -3.06. The Morgan fingerprint density at radius 3 is 0.923 bits per heavy atom. The summed E-state index contributed by atoms with van der Waals surface area (Å²) in [6.07, 6.45) is 20.4. The summed E-state index contributed by atoms with van der Waals surface area (Å²) in [5.41, 5.74) is 21.2. The monoisotopic (exact) mass is 1260 g/mol. The van der Waals surface area contributed by atoms with E-state index in [1.165, 1.54) is 70.6 Å². The Balaban J connectivity index is -0.0000000891. The van der Waals surface area contributed by atoms with Crippen molar-refractivity contribution < 1.29 is 49.1 Å². The summed E-state index contributed by atoms with van der Waals surface area (Å²) in [4.78, 5) is 0. The minimum Gasteiger partial charge on any atom is -0.675 e. The molecule has 3 N–H and O–H groups in total. The molecule has 0 amide bonds. The molecule has 5 aliphatic rings. The first-order valence-electron chi connectivity index (χ1n) is 13.0. The normalized spacial score (nSPS) is 24.5. The number of rotatable bonds is 0. The maximum Gasteiger partial charge on any atom is 0 e. The van der Waals surface area contributed by atoms with Gasteiger partial charge >= 0.3 is 120 Å². The average molecular weight is 1260 g/mol. The van der Waals surface area contributed by atoms with E-state index in [0.717, 1.165) is 43.9 Å². The summed E-state index contributed by atoms with van der Waals surface area (Å²) in [5.74, 6) is 2.05. The number of halogens is 8. The predicted molar refractivity (Wildman–Crippen MR) is 178 cm³/mol. The largest absolute Gasteiger partial charge is 0.675 e. The van der Waals surface area contributed by atoms with Gasteiger partial charge in [-0.3, -0.25) is 0 Å². The van der Waals surface area contributed by atoms with Gasteiger partial charge in [0.2, 0.25) is 0 Å². The smallest absolute Gasteiger partial charge is 0 e. The van der Waals surface area contributed by atoms with Crippen molar-refractivity contribution in [2.75, 3.05) is 0 Å². The fraction of sp³-hybridized carbons (Fsp3) is 0.880. The minimum absolute atomic E-state index is 0. The van der Waals surface area contributed by atoms with Crippen LogP contribution in [0.3, 0.4) is 0 Å². The first kappa shape index (κ1) is 47.7. The summed E-state index contributed by atoms with van der Waals surface area (Å²) in [6, 6.07) is 0.772. The quantitative estimate of drug-likeness (QED) is 0.217. The molecule has 2 atom stereocenters. The Morgan fingerprint density at radius 1 is 0.513 bits per heavy atom. The average Bonchev–Trinajstić information content (AvgIpc) is 3.69. The molecular weight excluding hydrogens is 1210 g/mol. The van der Waals surface area contributed by atoms with Gasteiger partial charge in [-0.15, -0.1) is 12.1 Å². The van der Waals surface area contributed by atoms with Crippen LogP contribution in [0.25, 0.3) is 17.2 Å². The number of hydrogen-bond donors (Lipinski definition) is 0. The molecule has 39 heavy (non-hydrogen) atoms. The molecule has 0 radical (unpaired) electrons. The van der Waals surface area contributed by atoms with Crippen LogP contribution in [0.2, 0.25) is 0 Å². The zero-order valence-electron chi connectivity index (χ0n) is 22.4. The molecule has 3 nitrogen and oxygen atoms in total. The summed E-state index contributed by atoms with van der Waals surface area (Å²) < 4.78 is 0. The van der Waals surface area contributed by atoms with E-state index in [4.69, 9.17) is 92.5 Å². The number of nitrogens with one attached hydrogen (secondary N) is 3. The van der Waals surface area contributed by atoms with Crippen LogP contribution in [0, 0.1) is 38.5 Å². The van der Waals surface area contributed by atoms with Crippen molar-refractivity contribution in [2.45, 2.75) is 121 Å². The van der Waals surface area contributed by atoms with Crippen molar-refractivity contribution >= 4 is 75.3 Å². The van der Waals surface area contributed by atoms with E-state index in [9.17, 15) is 0 Å². The van der Waals surface area contributed by atoms with E-state index in [1.54, 1.807) is 0 Å². The molecule has 5 saturated carbocycles. The van der Waals surface area contributed by atoms with Crippen LogP contribution in [0.15, 0.2) is 0 Å². The van der Waals surface area contributed by atoms with E-state index in [-0.39, 0.29) is 10.3 Å². The van der Waals surface area contributed by atoms with Gasteiger partial charge in [0.15, 0.2) is 0 Å². The summed E-state index contributed by atoms with van der Waals surface area (Å²) in [5, 5.41) is 0. The molecule has 0 aliphatic heterocycles. The molecule has 5 aliphatic carbocycles. The van der Waals surface area contributed by atoms with Gasteiger partial charge in [-0.2, -0.15) is 23.8 Å². The maximum absolute atomic E-state index is 7.42. The van der Waals surface area contributed by atoms with Crippen LogP contribution in [0.5, 0.6) is 0 Å². The van der Waals surface area contributed by atoms with Gasteiger partial charge < -0.3 is 38.0 Å². The standard InChI is InChI=1S/C7H13N.C6H11.C5H10N.C4H7.C3H6N.8ClH.3Pt.3H2/c1-6-4-2-3-5-7(6)8;1-6-4-2-3-5-6;6-5-3-1-2-4-5;1-4-2-3-4;4-3-1-2-3;;;;;;;;;;;;;;/h6-8H,1-5H2;6H,1-5H2;5-6H,1-4H2;4H,1-3H2;3-4H,1-2H2;8*1H;;;;3*1H/q-2;4*-1;;;;;;;;;2*+4;+6;;;/p-8/t6-,7-;;;;;;;;;;;;;;;;;;/m1................../s1. The Kier molecular flexibility index (Phi) is 41.1. The maximum atomic E-state index is 7.42. The van der Waals surface area contributed by atoms with Gasteiger partial charge in [0.1, 0.15) is 0 Å². The van der Waals surface area contributed by atoms with Crippen LogP contribution in [0.1, 0.15) is 107 Å². The van der Waals surface area contributed by atoms with Crippen LogP contribution < -0.4 is 0 Å². The fourth-order valence-corrected chi connectivity index (χ4v) is 3.35. The predicted octanol–water partition coefficient (Wildman–Crippen LogP) is 15.1. The van der Waals surface area contributed by atoms with Crippen molar-refractivity contribution in [3.63, 3.8) is 0 Å². The summed E-state index contributed by atoms with van der Waals surface area (Å²) >= 11 is -4.00. The molecule has 0 aromatic heterocycles. The van der Waals surface area contributed by atoms with E-state index in [2.05, 4.69) is 20.8 Å². The van der Waals surface area contributed by atoms with Crippen molar-refractivity contribution in [1.82, 2.24) is 0 Å². The molecule has 0 bridgehead atoms. The second-order valence-corrected chi connectivity index (χ2v) is 36.1. The molecule has 254 valence electrons. The molecule has 5 fully saturated rings. The van der Waals surface area contributed by atoms with Gasteiger partial charge in [-0.25, -0.2) is 0 Å².